The molecule has 0 N–H and O–H groups in total. The second kappa shape index (κ2) is 5.70. The minimum absolute atomic E-state index is 0.0138. The third-order valence-electron chi connectivity index (χ3n) is 3.28. The largest absolute Gasteiger partial charge is 0.270 e. The van der Waals surface area contributed by atoms with Crippen LogP contribution in [0.25, 0.3) is 0 Å². The van der Waals surface area contributed by atoms with E-state index in [1.807, 2.05) is 0 Å². The first kappa shape index (κ1) is 15.6. The zero-order valence-corrected chi connectivity index (χ0v) is 13.8. The lowest BCUT2D eigenvalue weighted by Gasteiger charge is -2.13. The number of benzene rings is 1. The normalized spacial score (nSPS) is 13.7. The Labute approximate surface area is 145 Å². The van der Waals surface area contributed by atoms with Crippen LogP contribution in [-0.2, 0) is 6.54 Å². The molecular weight excluding hydrogens is 370 g/mol. The molecular formula is C14H6Cl4N2O2. The van der Waals surface area contributed by atoms with E-state index in [0.717, 1.165) is 10.5 Å². The summed E-state index contributed by atoms with van der Waals surface area (Å²) in [6.45, 7) is 0.0801. The predicted octanol–water partition coefficient (Wildman–Crippen LogP) is 4.49. The number of carbonyl (C=O) groups is 2. The Morgan fingerprint density at radius 3 is 1.73 bits per heavy atom. The zero-order valence-electron chi connectivity index (χ0n) is 10.7. The van der Waals surface area contributed by atoms with Gasteiger partial charge < -0.3 is 0 Å². The van der Waals surface area contributed by atoms with Gasteiger partial charge in [0, 0.05) is 12.4 Å². The second-order valence-electron chi connectivity index (χ2n) is 4.56. The van der Waals surface area contributed by atoms with Crippen LogP contribution in [-0.4, -0.2) is 21.7 Å². The molecule has 2 aromatic rings. The van der Waals surface area contributed by atoms with Gasteiger partial charge in [-0.1, -0.05) is 46.4 Å². The molecule has 112 valence electrons. The van der Waals surface area contributed by atoms with Crippen molar-refractivity contribution in [1.29, 1.82) is 0 Å². The Kier molecular flexibility index (Phi) is 4.03. The second-order valence-corrected chi connectivity index (χ2v) is 6.07. The number of nitrogens with zero attached hydrogens (tertiary/aromatic N) is 2. The van der Waals surface area contributed by atoms with Gasteiger partial charge in [-0.3, -0.25) is 19.5 Å². The van der Waals surface area contributed by atoms with Gasteiger partial charge in [-0.05, 0) is 17.7 Å². The monoisotopic (exact) mass is 374 g/mol. The summed E-state index contributed by atoms with van der Waals surface area (Å²) in [5, 5.41) is -0.221. The van der Waals surface area contributed by atoms with Crippen molar-refractivity contribution in [2.45, 2.75) is 6.54 Å². The number of pyridine rings is 1. The van der Waals surface area contributed by atoms with Crippen molar-refractivity contribution in [2.75, 3.05) is 0 Å². The molecule has 0 bridgehead atoms. The summed E-state index contributed by atoms with van der Waals surface area (Å²) in [5.41, 5.74) is 0.717. The molecule has 0 fully saturated rings. The Balaban J connectivity index is 2.10. The number of imide groups is 1. The van der Waals surface area contributed by atoms with Crippen molar-refractivity contribution in [2.24, 2.45) is 0 Å². The smallest absolute Gasteiger partial charge is 0.263 e. The molecule has 1 aliphatic rings. The minimum Gasteiger partial charge on any atom is -0.270 e. The van der Waals surface area contributed by atoms with Gasteiger partial charge >= 0.3 is 0 Å². The molecule has 1 aliphatic heterocycles. The molecule has 1 aromatic heterocycles. The van der Waals surface area contributed by atoms with Gasteiger partial charge in [0.25, 0.3) is 11.8 Å². The highest BCUT2D eigenvalue weighted by atomic mass is 35.5. The number of hydrogen-bond donors (Lipinski definition) is 0. The van der Waals surface area contributed by atoms with Gasteiger partial charge in [0.05, 0.1) is 37.8 Å². The number of halogens is 4. The third kappa shape index (κ3) is 2.27. The number of fused-ring (bicyclic) bond motifs is 1. The minimum atomic E-state index is -0.553. The van der Waals surface area contributed by atoms with Gasteiger partial charge in [-0.2, -0.15) is 0 Å². The number of aromatic nitrogens is 1. The van der Waals surface area contributed by atoms with E-state index in [0.29, 0.717) is 0 Å². The van der Waals surface area contributed by atoms with Crippen LogP contribution >= 0.6 is 46.4 Å². The number of amides is 2. The first-order valence-corrected chi connectivity index (χ1v) is 7.55. The van der Waals surface area contributed by atoms with Crippen LogP contribution in [0, 0.1) is 0 Å². The Hall–Kier alpha value is -1.33. The lowest BCUT2D eigenvalue weighted by molar-refractivity contribution is 0.0642. The lowest BCUT2D eigenvalue weighted by atomic mass is 10.1. The van der Waals surface area contributed by atoms with Crippen LogP contribution < -0.4 is 0 Å². The summed E-state index contributed by atoms with van der Waals surface area (Å²) < 4.78 is 0. The van der Waals surface area contributed by atoms with Crippen LogP contribution in [0.5, 0.6) is 0 Å². The summed E-state index contributed by atoms with van der Waals surface area (Å²) in [6.07, 6.45) is 3.14. The number of carbonyl (C=O) groups excluding carboxylic acids is 2. The van der Waals surface area contributed by atoms with E-state index < -0.39 is 11.8 Å². The Bertz CT molecular complexity index is 761. The molecule has 0 unspecified atom stereocenters. The van der Waals surface area contributed by atoms with Crippen molar-refractivity contribution in [1.82, 2.24) is 9.88 Å². The summed E-state index contributed by atoms with van der Waals surface area (Å²) in [5.74, 6) is -1.11. The van der Waals surface area contributed by atoms with Crippen LogP contribution in [0.1, 0.15) is 26.3 Å². The highest BCUT2D eigenvalue weighted by Gasteiger charge is 2.41. The fourth-order valence-electron chi connectivity index (χ4n) is 2.21. The lowest BCUT2D eigenvalue weighted by Crippen LogP contribution is -2.29. The summed E-state index contributed by atoms with van der Waals surface area (Å²) >= 11 is 24.0. The van der Waals surface area contributed by atoms with E-state index in [4.69, 9.17) is 46.4 Å². The molecule has 3 rings (SSSR count). The quantitative estimate of drug-likeness (QED) is 0.441. The SMILES string of the molecule is O=C1c2c(Cl)c(Cl)c(Cl)c(Cl)c2C(=O)N1Cc1ccncc1. The molecule has 8 heteroatoms. The van der Waals surface area contributed by atoms with E-state index >= 15 is 0 Å². The Morgan fingerprint density at radius 2 is 1.27 bits per heavy atom. The summed E-state index contributed by atoms with van der Waals surface area (Å²) in [7, 11) is 0. The highest BCUT2D eigenvalue weighted by Crippen LogP contribution is 2.44. The average Bonchev–Trinajstić information content (AvgIpc) is 2.76. The van der Waals surface area contributed by atoms with Gasteiger partial charge in [-0.25, -0.2) is 0 Å². The maximum absolute atomic E-state index is 12.5. The molecule has 2 amide bonds. The molecule has 2 heterocycles. The molecule has 0 atom stereocenters. The van der Waals surface area contributed by atoms with Gasteiger partial charge in [-0.15, -0.1) is 0 Å². The molecule has 0 radical (unpaired) electrons. The van der Waals surface area contributed by atoms with Crippen LogP contribution in [0.2, 0.25) is 20.1 Å². The predicted molar refractivity (Wildman–Crippen MR) is 84.9 cm³/mol. The molecule has 0 aliphatic carbocycles. The first-order chi connectivity index (χ1) is 10.4. The van der Waals surface area contributed by atoms with Crippen LogP contribution in [0.15, 0.2) is 24.5 Å². The van der Waals surface area contributed by atoms with E-state index in [2.05, 4.69) is 4.98 Å². The van der Waals surface area contributed by atoms with E-state index in [-0.39, 0.29) is 37.8 Å². The van der Waals surface area contributed by atoms with Crippen molar-refractivity contribution >= 4 is 58.2 Å². The molecule has 22 heavy (non-hydrogen) atoms. The number of rotatable bonds is 2. The van der Waals surface area contributed by atoms with Crippen LogP contribution in [0.3, 0.4) is 0 Å². The fourth-order valence-corrected chi connectivity index (χ4v) is 3.22. The van der Waals surface area contributed by atoms with Gasteiger partial charge in [0.2, 0.25) is 0 Å². The van der Waals surface area contributed by atoms with Crippen molar-refractivity contribution in [3.8, 4) is 0 Å². The number of hydrogen-bond acceptors (Lipinski definition) is 3. The average molecular weight is 376 g/mol. The van der Waals surface area contributed by atoms with E-state index in [9.17, 15) is 9.59 Å². The Morgan fingerprint density at radius 1 is 0.818 bits per heavy atom. The summed E-state index contributed by atoms with van der Waals surface area (Å²) in [6, 6.07) is 3.40. The van der Waals surface area contributed by atoms with Gasteiger partial charge in [0.1, 0.15) is 0 Å². The topological polar surface area (TPSA) is 50.3 Å². The standard InChI is InChI=1S/C14H6Cl4N2O2/c15-9-7-8(10(16)12(18)11(9)17)14(22)20(13(7)21)5-6-1-3-19-4-2-6/h1-4H,5H2. The van der Waals surface area contributed by atoms with Crippen molar-refractivity contribution < 1.29 is 9.59 Å². The molecule has 0 saturated heterocycles. The molecule has 1 aromatic carbocycles. The van der Waals surface area contributed by atoms with Crippen LogP contribution in [0.4, 0.5) is 0 Å². The van der Waals surface area contributed by atoms with Crippen molar-refractivity contribution in [3.63, 3.8) is 0 Å². The molecule has 4 nitrogen and oxygen atoms in total. The fraction of sp³-hybridized carbons (Fsp3) is 0.0714. The highest BCUT2D eigenvalue weighted by molar-refractivity contribution is 6.55. The molecule has 0 spiro atoms. The zero-order chi connectivity index (χ0) is 16.0. The van der Waals surface area contributed by atoms with E-state index in [1.54, 1.807) is 24.5 Å². The van der Waals surface area contributed by atoms with E-state index in [1.165, 1.54) is 0 Å². The molecule has 0 saturated carbocycles. The maximum Gasteiger partial charge on any atom is 0.263 e. The van der Waals surface area contributed by atoms with Crippen molar-refractivity contribution in [3.05, 3.63) is 61.3 Å². The summed E-state index contributed by atoms with van der Waals surface area (Å²) in [4.78, 5) is 29.9. The maximum atomic E-state index is 12.5. The van der Waals surface area contributed by atoms with Gasteiger partial charge in [0.15, 0.2) is 0 Å². The first-order valence-electron chi connectivity index (χ1n) is 6.04. The third-order valence-corrected chi connectivity index (χ3v) is 5.08.